The van der Waals surface area contributed by atoms with E-state index in [1.165, 1.54) is 22.9 Å². The molecule has 1 N–H and O–H groups in total. The number of piperidine rings is 1. The van der Waals surface area contributed by atoms with Crippen LogP contribution in [-0.2, 0) is 17.9 Å². The molecule has 1 saturated heterocycles. The molecular weight excluding hydrogens is 571 g/mol. The summed E-state index contributed by atoms with van der Waals surface area (Å²) in [6.07, 6.45) is 1.99. The summed E-state index contributed by atoms with van der Waals surface area (Å²) in [7, 11) is 0. The summed E-state index contributed by atoms with van der Waals surface area (Å²) >= 11 is 0. The van der Waals surface area contributed by atoms with Gasteiger partial charge in [0.25, 0.3) is 5.56 Å². The second kappa shape index (κ2) is 11.7. The van der Waals surface area contributed by atoms with Gasteiger partial charge in [0.15, 0.2) is 0 Å². The number of hydrogen-bond acceptors (Lipinski definition) is 6. The summed E-state index contributed by atoms with van der Waals surface area (Å²) in [6.45, 7) is 3.96. The topological polar surface area (TPSA) is 94.3 Å². The molecule has 4 heterocycles. The highest BCUT2D eigenvalue weighted by Crippen LogP contribution is 2.43. The molecule has 1 spiro atoms. The van der Waals surface area contributed by atoms with Gasteiger partial charge in [-0.1, -0.05) is 48.5 Å². The van der Waals surface area contributed by atoms with Gasteiger partial charge in [0.1, 0.15) is 23.9 Å². The Morgan fingerprint density at radius 2 is 1.60 bits per heavy atom. The van der Waals surface area contributed by atoms with E-state index in [0.29, 0.717) is 36.7 Å². The molecule has 0 unspecified atom stereocenters. The van der Waals surface area contributed by atoms with Gasteiger partial charge in [0, 0.05) is 36.8 Å². The molecule has 0 aliphatic carbocycles. The highest BCUT2D eigenvalue weighted by molar-refractivity contribution is 5.88. The van der Waals surface area contributed by atoms with E-state index in [4.69, 9.17) is 14.9 Å². The van der Waals surface area contributed by atoms with Crippen LogP contribution >= 0.6 is 0 Å². The van der Waals surface area contributed by atoms with Gasteiger partial charge in [-0.3, -0.25) is 4.79 Å². The molecule has 5 aromatic rings. The van der Waals surface area contributed by atoms with Crippen LogP contribution in [0.3, 0.4) is 0 Å². The number of nitrogens with zero attached hydrogens (tertiary/aromatic N) is 5. The molecule has 2 aliphatic rings. The van der Waals surface area contributed by atoms with E-state index in [9.17, 15) is 14.0 Å². The van der Waals surface area contributed by atoms with E-state index in [-0.39, 0.29) is 29.6 Å². The van der Waals surface area contributed by atoms with E-state index >= 15 is 0 Å². The highest BCUT2D eigenvalue weighted by Gasteiger charge is 2.41. The van der Waals surface area contributed by atoms with Gasteiger partial charge < -0.3 is 15.0 Å². The van der Waals surface area contributed by atoms with Crippen LogP contribution in [0.15, 0.2) is 95.8 Å². The van der Waals surface area contributed by atoms with Crippen molar-refractivity contribution in [2.24, 2.45) is 0 Å². The second-order valence-electron chi connectivity index (χ2n) is 11.7. The van der Waals surface area contributed by atoms with Crippen molar-refractivity contribution in [3.05, 3.63) is 118 Å². The second-order valence-corrected chi connectivity index (χ2v) is 11.7. The zero-order chi connectivity index (χ0) is 31.0. The minimum atomic E-state index is -0.332. The number of aromatic nitrogens is 4. The summed E-state index contributed by atoms with van der Waals surface area (Å²) < 4.78 is 22.9. The van der Waals surface area contributed by atoms with Crippen molar-refractivity contribution in [2.75, 3.05) is 18.4 Å². The van der Waals surface area contributed by atoms with Crippen LogP contribution in [0.5, 0.6) is 0 Å². The summed E-state index contributed by atoms with van der Waals surface area (Å²) in [6, 6.07) is 26.8. The number of amides is 1. The fourth-order valence-electron chi connectivity index (χ4n) is 6.26. The number of likely N-dealkylation sites (tertiary alicyclic amines) is 1. The maximum atomic E-state index is 13.9. The number of para-hydroxylation sites is 1. The Morgan fingerprint density at radius 3 is 2.36 bits per heavy atom. The number of carbonyl (C=O) groups is 1. The molecule has 45 heavy (non-hydrogen) atoms. The van der Waals surface area contributed by atoms with Crippen molar-refractivity contribution < 1.29 is 13.9 Å². The van der Waals surface area contributed by atoms with E-state index in [1.54, 1.807) is 23.1 Å². The molecule has 1 fully saturated rings. The molecule has 2 aliphatic heterocycles. The van der Waals surface area contributed by atoms with Gasteiger partial charge in [-0.25, -0.2) is 13.9 Å². The summed E-state index contributed by atoms with van der Waals surface area (Å²) in [4.78, 5) is 27.7. The Kier molecular flexibility index (Phi) is 7.40. The van der Waals surface area contributed by atoms with E-state index in [2.05, 4.69) is 5.32 Å². The number of hydrogen-bond donors (Lipinski definition) is 1. The lowest BCUT2D eigenvalue weighted by molar-refractivity contribution is 0.0779. The Balaban J connectivity index is 1.20. The average molecular weight is 605 g/mol. The Hall–Kier alpha value is -5.25. The van der Waals surface area contributed by atoms with Crippen molar-refractivity contribution >= 4 is 11.9 Å². The molecule has 0 bridgehead atoms. The maximum absolute atomic E-state index is 13.9. The molecule has 1 amide bonds. The van der Waals surface area contributed by atoms with Crippen molar-refractivity contribution in [1.29, 1.82) is 0 Å². The number of benzene rings is 3. The van der Waals surface area contributed by atoms with Crippen LogP contribution in [0.1, 0.15) is 30.4 Å². The number of halogens is 1. The molecule has 7 rings (SSSR count). The van der Waals surface area contributed by atoms with Crippen LogP contribution < -0.4 is 10.9 Å². The summed E-state index contributed by atoms with van der Waals surface area (Å²) in [5, 5.41) is 13.6. The minimum absolute atomic E-state index is 0.242. The van der Waals surface area contributed by atoms with Gasteiger partial charge in [-0.2, -0.15) is 14.9 Å². The van der Waals surface area contributed by atoms with Crippen molar-refractivity contribution in [2.45, 2.75) is 44.9 Å². The first kappa shape index (κ1) is 28.5. The first-order chi connectivity index (χ1) is 21.9. The lowest BCUT2D eigenvalue weighted by atomic mass is 9.83. The molecule has 0 atom stereocenters. The van der Waals surface area contributed by atoms with Gasteiger partial charge in [0.2, 0.25) is 0 Å². The van der Waals surface area contributed by atoms with Gasteiger partial charge >= 0.3 is 6.09 Å². The monoisotopic (exact) mass is 604 g/mol. The molecule has 10 heteroatoms. The van der Waals surface area contributed by atoms with Crippen LogP contribution in [0.4, 0.5) is 15.0 Å². The lowest BCUT2D eigenvalue weighted by Crippen LogP contribution is -2.53. The van der Waals surface area contributed by atoms with Crippen molar-refractivity contribution in [3.63, 3.8) is 0 Å². The zero-order valence-corrected chi connectivity index (χ0v) is 24.9. The highest BCUT2D eigenvalue weighted by atomic mass is 19.1. The van der Waals surface area contributed by atoms with Crippen LogP contribution in [0.2, 0.25) is 0 Å². The average Bonchev–Trinajstić information content (AvgIpc) is 3.44. The van der Waals surface area contributed by atoms with Crippen LogP contribution in [0, 0.1) is 12.7 Å². The van der Waals surface area contributed by atoms with E-state index in [1.807, 2.05) is 66.2 Å². The quantitative estimate of drug-likeness (QED) is 0.257. The van der Waals surface area contributed by atoms with E-state index in [0.717, 1.165) is 47.3 Å². The zero-order valence-electron chi connectivity index (χ0n) is 24.9. The van der Waals surface area contributed by atoms with Crippen molar-refractivity contribution in [3.8, 4) is 28.2 Å². The molecule has 2 aromatic heterocycles. The first-order valence-electron chi connectivity index (χ1n) is 15.2. The summed E-state index contributed by atoms with van der Waals surface area (Å²) in [5.74, 6) is 0.463. The smallest absolute Gasteiger partial charge is 0.410 e. The number of nitrogens with one attached hydrogen (secondary N) is 1. The molecule has 9 nitrogen and oxygen atoms in total. The number of ether oxygens (including phenoxy) is 1. The third kappa shape index (κ3) is 5.59. The third-order valence-corrected chi connectivity index (χ3v) is 8.84. The molecule has 0 radical (unpaired) electrons. The predicted octanol–water partition coefficient (Wildman–Crippen LogP) is 6.20. The number of carbonyl (C=O) groups excluding carboxylic acids is 1. The molecular formula is C35H33FN6O3. The summed E-state index contributed by atoms with van der Waals surface area (Å²) in [5.41, 5.74) is 4.79. The largest absolute Gasteiger partial charge is 0.445 e. The Bertz CT molecular complexity index is 1910. The SMILES string of the molecule is Cc1ccccc1-n1nc(-c2c(-c3ccc(F)cc3)nn3c2NC2(CCN(C(=O)OCc4ccccc4)CC2)CC3)ccc1=O. The van der Waals surface area contributed by atoms with Crippen molar-refractivity contribution in [1.82, 2.24) is 24.5 Å². The number of aryl methyl sites for hydroxylation is 2. The Morgan fingerprint density at radius 1 is 0.889 bits per heavy atom. The van der Waals surface area contributed by atoms with Gasteiger partial charge in [0.05, 0.1) is 16.9 Å². The molecule has 228 valence electrons. The lowest BCUT2D eigenvalue weighted by Gasteiger charge is -2.45. The van der Waals surface area contributed by atoms with E-state index < -0.39 is 0 Å². The first-order valence-corrected chi connectivity index (χ1v) is 15.2. The maximum Gasteiger partial charge on any atom is 0.410 e. The number of rotatable bonds is 5. The predicted molar refractivity (Wildman–Crippen MR) is 170 cm³/mol. The van der Waals surface area contributed by atoms with Crippen LogP contribution in [0.25, 0.3) is 28.2 Å². The number of anilines is 1. The fourth-order valence-corrected chi connectivity index (χ4v) is 6.26. The van der Waals surface area contributed by atoms with Gasteiger partial charge in [-0.15, -0.1) is 0 Å². The fraction of sp³-hybridized carbons (Fsp3) is 0.257. The number of fused-ring (bicyclic) bond motifs is 1. The minimum Gasteiger partial charge on any atom is -0.445 e. The third-order valence-electron chi connectivity index (χ3n) is 8.84. The van der Waals surface area contributed by atoms with Crippen LogP contribution in [-0.4, -0.2) is 49.2 Å². The standard InChI is InChI=1S/C35H33FN6O3/c1-24-7-5-6-10-29(24)42-30(43)16-15-28(38-42)31-32(26-11-13-27(36)14-12-26)39-41-22-19-35(37-33(31)41)17-20-40(21-18-35)34(44)45-23-25-8-3-2-4-9-25/h2-16,37H,17-23H2,1H3. The normalized spacial score (nSPS) is 15.4. The molecule has 0 saturated carbocycles. The van der Waals surface area contributed by atoms with Gasteiger partial charge in [-0.05, 0) is 73.7 Å². The molecule has 3 aromatic carbocycles. The Labute approximate surface area is 259 Å².